The maximum atomic E-state index is 12.5. The Hall–Kier alpha value is -1.63. The first kappa shape index (κ1) is 42.4. The van der Waals surface area contributed by atoms with Crippen LogP contribution in [-0.2, 0) is 28.6 Å². The van der Waals surface area contributed by atoms with Crippen LogP contribution in [-0.4, -0.2) is 62.8 Å². The third-order valence-electron chi connectivity index (χ3n) is 8.32. The molecule has 0 aliphatic rings. The average molecular weight is 626 g/mol. The first-order valence-electron chi connectivity index (χ1n) is 18.0. The Morgan fingerprint density at radius 3 is 1.34 bits per heavy atom. The van der Waals surface area contributed by atoms with E-state index in [1.165, 1.54) is 25.7 Å². The van der Waals surface area contributed by atoms with E-state index in [0.717, 1.165) is 77.2 Å². The van der Waals surface area contributed by atoms with Gasteiger partial charge in [0.2, 0.25) is 0 Å². The van der Waals surface area contributed by atoms with Crippen LogP contribution in [0.2, 0.25) is 0 Å². The standard InChI is InChI=1S/C37H71NO6/c1-30(2)21-23-32(5)25-28-42-35(39)18-13-9-11-16-34(44-37(41)20-15-27-38(7)8)17-12-10-14-19-36(40)43-29-26-33(6)24-22-31(3)4/h30-34H,9-29H2,1-8H3. The molecule has 0 radical (unpaired) electrons. The van der Waals surface area contributed by atoms with Crippen molar-refractivity contribution in [1.82, 2.24) is 4.90 Å². The molecule has 0 bridgehead atoms. The summed E-state index contributed by atoms with van der Waals surface area (Å²) in [7, 11) is 4.01. The van der Waals surface area contributed by atoms with Gasteiger partial charge in [-0.05, 0) is 102 Å². The summed E-state index contributed by atoms with van der Waals surface area (Å²) >= 11 is 0. The summed E-state index contributed by atoms with van der Waals surface area (Å²) in [6, 6.07) is 0. The van der Waals surface area contributed by atoms with Crippen LogP contribution in [0.4, 0.5) is 0 Å². The first-order chi connectivity index (χ1) is 20.9. The fourth-order valence-corrected chi connectivity index (χ4v) is 5.10. The molecule has 0 aliphatic heterocycles. The van der Waals surface area contributed by atoms with Crippen LogP contribution in [0.25, 0.3) is 0 Å². The zero-order valence-electron chi connectivity index (χ0n) is 30.1. The van der Waals surface area contributed by atoms with E-state index in [4.69, 9.17) is 14.2 Å². The van der Waals surface area contributed by atoms with E-state index < -0.39 is 0 Å². The molecule has 0 saturated carbocycles. The lowest BCUT2D eigenvalue weighted by molar-refractivity contribution is -0.150. The maximum absolute atomic E-state index is 12.5. The monoisotopic (exact) mass is 626 g/mol. The molecule has 7 heteroatoms. The highest BCUT2D eigenvalue weighted by Crippen LogP contribution is 2.19. The number of ether oxygens (including phenoxy) is 3. The van der Waals surface area contributed by atoms with Gasteiger partial charge in [0.15, 0.2) is 0 Å². The molecule has 0 heterocycles. The van der Waals surface area contributed by atoms with E-state index in [-0.39, 0.29) is 24.0 Å². The van der Waals surface area contributed by atoms with Crippen molar-refractivity contribution in [2.24, 2.45) is 23.7 Å². The lowest BCUT2D eigenvalue weighted by Gasteiger charge is -2.18. The number of nitrogens with zero attached hydrogens (tertiary/aromatic N) is 1. The van der Waals surface area contributed by atoms with Crippen LogP contribution in [0.3, 0.4) is 0 Å². The number of esters is 3. The van der Waals surface area contributed by atoms with Crippen molar-refractivity contribution in [3.05, 3.63) is 0 Å². The topological polar surface area (TPSA) is 82.1 Å². The van der Waals surface area contributed by atoms with Crippen molar-refractivity contribution in [1.29, 1.82) is 0 Å². The molecule has 0 fully saturated rings. The Morgan fingerprint density at radius 2 is 0.932 bits per heavy atom. The summed E-state index contributed by atoms with van der Waals surface area (Å²) in [6.45, 7) is 15.3. The van der Waals surface area contributed by atoms with E-state index in [0.29, 0.717) is 56.1 Å². The molecule has 2 atom stereocenters. The number of rotatable bonds is 29. The summed E-state index contributed by atoms with van der Waals surface area (Å²) in [5, 5.41) is 0. The van der Waals surface area contributed by atoms with Gasteiger partial charge in [-0.1, -0.05) is 80.1 Å². The zero-order chi connectivity index (χ0) is 33.2. The maximum Gasteiger partial charge on any atom is 0.306 e. The molecular weight excluding hydrogens is 554 g/mol. The fraction of sp³-hybridized carbons (Fsp3) is 0.919. The zero-order valence-corrected chi connectivity index (χ0v) is 30.1. The smallest absolute Gasteiger partial charge is 0.306 e. The Bertz CT molecular complexity index is 677. The highest BCUT2D eigenvalue weighted by atomic mass is 16.5. The van der Waals surface area contributed by atoms with Crippen LogP contribution in [0, 0.1) is 23.7 Å². The summed E-state index contributed by atoms with van der Waals surface area (Å²) in [4.78, 5) is 38.8. The number of carbonyl (C=O) groups excluding carboxylic acids is 3. The molecule has 2 unspecified atom stereocenters. The molecule has 260 valence electrons. The quantitative estimate of drug-likeness (QED) is 0.0466. The Labute approximate surface area is 271 Å². The molecule has 0 rings (SSSR count). The number of unbranched alkanes of at least 4 members (excludes halogenated alkanes) is 4. The molecule has 0 aliphatic carbocycles. The molecule has 0 aromatic carbocycles. The van der Waals surface area contributed by atoms with Gasteiger partial charge in [-0.25, -0.2) is 0 Å². The van der Waals surface area contributed by atoms with E-state index in [9.17, 15) is 14.4 Å². The molecule has 0 aromatic rings. The predicted molar refractivity (Wildman–Crippen MR) is 181 cm³/mol. The highest BCUT2D eigenvalue weighted by Gasteiger charge is 2.15. The van der Waals surface area contributed by atoms with Crippen LogP contribution in [0.1, 0.15) is 157 Å². The molecule has 0 N–H and O–H groups in total. The van der Waals surface area contributed by atoms with Gasteiger partial charge in [0.1, 0.15) is 6.10 Å². The van der Waals surface area contributed by atoms with Crippen LogP contribution in [0.5, 0.6) is 0 Å². The Balaban J connectivity index is 4.29. The third kappa shape index (κ3) is 29.1. The number of hydrogen-bond donors (Lipinski definition) is 0. The van der Waals surface area contributed by atoms with Gasteiger partial charge in [-0.3, -0.25) is 14.4 Å². The summed E-state index contributed by atoms with van der Waals surface area (Å²) < 4.78 is 16.8. The third-order valence-corrected chi connectivity index (χ3v) is 8.32. The van der Waals surface area contributed by atoms with Crippen molar-refractivity contribution in [3.8, 4) is 0 Å². The van der Waals surface area contributed by atoms with E-state index in [2.05, 4.69) is 46.4 Å². The second kappa shape index (κ2) is 27.7. The summed E-state index contributed by atoms with van der Waals surface area (Å²) in [5.41, 5.74) is 0. The fourth-order valence-electron chi connectivity index (χ4n) is 5.10. The van der Waals surface area contributed by atoms with Gasteiger partial charge in [-0.2, -0.15) is 0 Å². The van der Waals surface area contributed by atoms with Gasteiger partial charge >= 0.3 is 17.9 Å². The summed E-state index contributed by atoms with van der Waals surface area (Å²) in [5.74, 6) is 2.25. The lowest BCUT2D eigenvalue weighted by atomic mass is 9.97. The number of hydrogen-bond acceptors (Lipinski definition) is 7. The SMILES string of the molecule is CC(C)CCC(C)CCOC(=O)CCCCCC(CCCCCC(=O)OCCC(C)CCC(C)C)OC(=O)CCCN(C)C. The van der Waals surface area contributed by atoms with Crippen LogP contribution in [0.15, 0.2) is 0 Å². The van der Waals surface area contributed by atoms with Gasteiger partial charge in [-0.15, -0.1) is 0 Å². The molecule has 44 heavy (non-hydrogen) atoms. The minimum atomic E-state index is -0.130. The minimum absolute atomic E-state index is 0.107. The lowest BCUT2D eigenvalue weighted by Crippen LogP contribution is -2.20. The molecular formula is C37H71NO6. The normalized spacial score (nSPS) is 13.7. The van der Waals surface area contributed by atoms with Gasteiger partial charge in [0.25, 0.3) is 0 Å². The average Bonchev–Trinajstić information content (AvgIpc) is 2.94. The van der Waals surface area contributed by atoms with E-state index >= 15 is 0 Å². The molecule has 0 amide bonds. The molecule has 0 spiro atoms. The Kier molecular flexibility index (Phi) is 26.6. The second-order valence-electron chi connectivity index (χ2n) is 14.4. The predicted octanol–water partition coefficient (Wildman–Crippen LogP) is 9.15. The second-order valence-corrected chi connectivity index (χ2v) is 14.4. The highest BCUT2D eigenvalue weighted by molar-refractivity contribution is 5.70. The van der Waals surface area contributed by atoms with Crippen LogP contribution >= 0.6 is 0 Å². The molecule has 7 nitrogen and oxygen atoms in total. The van der Waals surface area contributed by atoms with Crippen molar-refractivity contribution in [2.45, 2.75) is 163 Å². The Morgan fingerprint density at radius 1 is 0.500 bits per heavy atom. The van der Waals surface area contributed by atoms with E-state index in [1.807, 2.05) is 14.1 Å². The molecule has 0 aromatic heterocycles. The molecule has 0 saturated heterocycles. The largest absolute Gasteiger partial charge is 0.466 e. The minimum Gasteiger partial charge on any atom is -0.466 e. The van der Waals surface area contributed by atoms with Crippen molar-refractivity contribution >= 4 is 17.9 Å². The van der Waals surface area contributed by atoms with Gasteiger partial charge < -0.3 is 19.1 Å². The van der Waals surface area contributed by atoms with Gasteiger partial charge in [0.05, 0.1) is 13.2 Å². The van der Waals surface area contributed by atoms with Crippen molar-refractivity contribution in [3.63, 3.8) is 0 Å². The summed E-state index contributed by atoms with van der Waals surface area (Å²) in [6.07, 6.45) is 15.5. The van der Waals surface area contributed by atoms with Crippen molar-refractivity contribution < 1.29 is 28.6 Å². The van der Waals surface area contributed by atoms with E-state index in [1.54, 1.807) is 0 Å². The van der Waals surface area contributed by atoms with Crippen molar-refractivity contribution in [2.75, 3.05) is 33.9 Å². The van der Waals surface area contributed by atoms with Gasteiger partial charge in [0, 0.05) is 19.3 Å². The first-order valence-corrected chi connectivity index (χ1v) is 18.0. The number of carbonyl (C=O) groups is 3. The van der Waals surface area contributed by atoms with Crippen LogP contribution < -0.4 is 0 Å².